The van der Waals surface area contributed by atoms with Crippen molar-refractivity contribution in [3.63, 3.8) is 0 Å². The van der Waals surface area contributed by atoms with Gasteiger partial charge in [-0.25, -0.2) is 0 Å². The molecule has 3 heteroatoms. The molecular formula is C17H34N2O. The lowest BCUT2D eigenvalue weighted by atomic mass is 9.78. The summed E-state index contributed by atoms with van der Waals surface area (Å²) in [6, 6.07) is 0.348. The molecule has 2 aliphatic carbocycles. The highest BCUT2D eigenvalue weighted by molar-refractivity contribution is 4.86. The van der Waals surface area contributed by atoms with Crippen LogP contribution in [0.2, 0.25) is 0 Å². The second-order valence-corrected chi connectivity index (χ2v) is 6.83. The SMILES string of the molecule is CCOC(C1CCCCC1)C(CC1CCCCC1)NN. The summed E-state index contributed by atoms with van der Waals surface area (Å²) in [6.45, 7) is 2.92. The Balaban J connectivity index is 1.92. The third-order valence-corrected chi connectivity index (χ3v) is 5.40. The average Bonchev–Trinajstić information content (AvgIpc) is 2.52. The van der Waals surface area contributed by atoms with Crippen molar-refractivity contribution < 1.29 is 4.74 Å². The summed E-state index contributed by atoms with van der Waals surface area (Å²) in [5.74, 6) is 7.47. The number of nitrogens with two attached hydrogens (primary N) is 1. The van der Waals surface area contributed by atoms with Crippen molar-refractivity contribution in [2.45, 2.75) is 89.7 Å². The minimum absolute atomic E-state index is 0.326. The van der Waals surface area contributed by atoms with Crippen molar-refractivity contribution >= 4 is 0 Å². The van der Waals surface area contributed by atoms with E-state index < -0.39 is 0 Å². The van der Waals surface area contributed by atoms with E-state index in [2.05, 4.69) is 12.3 Å². The van der Waals surface area contributed by atoms with Crippen LogP contribution in [0.4, 0.5) is 0 Å². The number of hydrogen-bond acceptors (Lipinski definition) is 3. The van der Waals surface area contributed by atoms with Crippen LogP contribution in [0.1, 0.15) is 77.6 Å². The van der Waals surface area contributed by atoms with Crippen molar-refractivity contribution in [3.8, 4) is 0 Å². The fourth-order valence-corrected chi connectivity index (χ4v) is 4.31. The highest BCUT2D eigenvalue weighted by atomic mass is 16.5. The number of rotatable bonds is 7. The lowest BCUT2D eigenvalue weighted by molar-refractivity contribution is -0.0238. The van der Waals surface area contributed by atoms with Crippen LogP contribution in [0.5, 0.6) is 0 Å². The normalized spacial score (nSPS) is 25.5. The molecule has 20 heavy (non-hydrogen) atoms. The summed E-state index contributed by atoms with van der Waals surface area (Å²) >= 11 is 0. The van der Waals surface area contributed by atoms with Crippen LogP contribution < -0.4 is 11.3 Å². The second-order valence-electron chi connectivity index (χ2n) is 6.83. The molecule has 0 aliphatic heterocycles. The predicted octanol–water partition coefficient (Wildman–Crippen LogP) is 3.77. The third-order valence-electron chi connectivity index (χ3n) is 5.40. The lowest BCUT2D eigenvalue weighted by Crippen LogP contribution is -2.50. The lowest BCUT2D eigenvalue weighted by Gasteiger charge is -2.37. The number of nitrogens with one attached hydrogen (secondary N) is 1. The van der Waals surface area contributed by atoms with Gasteiger partial charge in [-0.3, -0.25) is 11.3 Å². The van der Waals surface area contributed by atoms with Crippen LogP contribution in [0.15, 0.2) is 0 Å². The molecule has 0 radical (unpaired) electrons. The number of hydrogen-bond donors (Lipinski definition) is 2. The highest BCUT2D eigenvalue weighted by Crippen LogP contribution is 2.33. The molecule has 2 aliphatic rings. The van der Waals surface area contributed by atoms with E-state index in [1.807, 2.05) is 0 Å². The fraction of sp³-hybridized carbons (Fsp3) is 1.00. The first-order valence-corrected chi connectivity index (χ1v) is 8.92. The van der Waals surface area contributed by atoms with E-state index in [1.54, 1.807) is 0 Å². The van der Waals surface area contributed by atoms with Gasteiger partial charge in [-0.2, -0.15) is 0 Å². The van der Waals surface area contributed by atoms with Crippen LogP contribution in [0.25, 0.3) is 0 Å². The maximum atomic E-state index is 6.13. The zero-order chi connectivity index (χ0) is 14.2. The predicted molar refractivity (Wildman–Crippen MR) is 84.3 cm³/mol. The molecule has 2 unspecified atom stereocenters. The standard InChI is InChI=1S/C17H34N2O/c1-2-20-17(15-11-7-4-8-12-15)16(19-18)13-14-9-5-3-6-10-14/h14-17,19H,2-13,18H2,1H3. The Kier molecular flexibility index (Phi) is 7.32. The second kappa shape index (κ2) is 9.01. The zero-order valence-electron chi connectivity index (χ0n) is 13.3. The van der Waals surface area contributed by atoms with Crippen LogP contribution in [0, 0.1) is 11.8 Å². The van der Waals surface area contributed by atoms with Gasteiger partial charge in [0.25, 0.3) is 0 Å². The molecular weight excluding hydrogens is 248 g/mol. The average molecular weight is 282 g/mol. The van der Waals surface area contributed by atoms with Gasteiger partial charge in [-0.05, 0) is 38.0 Å². The molecule has 0 heterocycles. The van der Waals surface area contributed by atoms with Crippen molar-refractivity contribution in [2.24, 2.45) is 17.7 Å². The molecule has 0 saturated heterocycles. The topological polar surface area (TPSA) is 47.3 Å². The summed E-state index contributed by atoms with van der Waals surface area (Å²) in [7, 11) is 0. The molecule has 3 nitrogen and oxygen atoms in total. The van der Waals surface area contributed by atoms with E-state index in [4.69, 9.17) is 10.6 Å². The van der Waals surface area contributed by atoms with E-state index in [0.29, 0.717) is 18.1 Å². The number of hydrazine groups is 1. The first kappa shape index (κ1) is 16.3. The largest absolute Gasteiger partial charge is 0.377 e. The molecule has 0 bridgehead atoms. The van der Waals surface area contributed by atoms with Crippen LogP contribution >= 0.6 is 0 Å². The van der Waals surface area contributed by atoms with Gasteiger partial charge in [0.1, 0.15) is 0 Å². The van der Waals surface area contributed by atoms with Crippen molar-refractivity contribution in [1.29, 1.82) is 0 Å². The maximum absolute atomic E-state index is 6.13. The van der Waals surface area contributed by atoms with E-state index in [0.717, 1.165) is 12.5 Å². The van der Waals surface area contributed by atoms with Crippen molar-refractivity contribution in [2.75, 3.05) is 6.61 Å². The van der Waals surface area contributed by atoms with Gasteiger partial charge in [-0.15, -0.1) is 0 Å². The van der Waals surface area contributed by atoms with Crippen LogP contribution in [0.3, 0.4) is 0 Å². The first-order chi connectivity index (χ1) is 9.85. The van der Waals surface area contributed by atoms with Gasteiger partial charge in [0, 0.05) is 12.6 Å². The molecule has 0 aromatic heterocycles. The molecule has 2 rings (SSSR count). The Hall–Kier alpha value is -0.120. The Morgan fingerprint density at radius 2 is 1.60 bits per heavy atom. The molecule has 2 saturated carbocycles. The summed E-state index contributed by atoms with van der Waals surface area (Å²) in [5, 5.41) is 0. The molecule has 2 fully saturated rings. The van der Waals surface area contributed by atoms with Crippen molar-refractivity contribution in [3.05, 3.63) is 0 Å². The summed E-state index contributed by atoms with van der Waals surface area (Å²) in [4.78, 5) is 0. The summed E-state index contributed by atoms with van der Waals surface area (Å²) in [5.41, 5.74) is 3.11. The van der Waals surface area contributed by atoms with Gasteiger partial charge in [0.2, 0.25) is 0 Å². The molecule has 118 valence electrons. The molecule has 3 N–H and O–H groups in total. The highest BCUT2D eigenvalue weighted by Gasteiger charge is 2.32. The Morgan fingerprint density at radius 1 is 1.00 bits per heavy atom. The van der Waals surface area contributed by atoms with E-state index in [1.165, 1.54) is 70.6 Å². The van der Waals surface area contributed by atoms with Gasteiger partial charge >= 0.3 is 0 Å². The quantitative estimate of drug-likeness (QED) is 0.552. The monoisotopic (exact) mass is 282 g/mol. The van der Waals surface area contributed by atoms with Crippen LogP contribution in [-0.4, -0.2) is 18.8 Å². The minimum Gasteiger partial charge on any atom is -0.377 e. The third kappa shape index (κ3) is 4.71. The molecule has 0 aromatic carbocycles. The minimum atomic E-state index is 0.326. The van der Waals surface area contributed by atoms with Gasteiger partial charge in [-0.1, -0.05) is 51.4 Å². The van der Waals surface area contributed by atoms with Gasteiger partial charge < -0.3 is 4.74 Å². The van der Waals surface area contributed by atoms with E-state index in [9.17, 15) is 0 Å². The smallest absolute Gasteiger partial charge is 0.0769 e. The Morgan fingerprint density at radius 3 is 2.15 bits per heavy atom. The van der Waals surface area contributed by atoms with Crippen LogP contribution in [-0.2, 0) is 4.74 Å². The fourth-order valence-electron chi connectivity index (χ4n) is 4.31. The molecule has 0 amide bonds. The Bertz CT molecular complexity index is 247. The van der Waals surface area contributed by atoms with E-state index >= 15 is 0 Å². The maximum Gasteiger partial charge on any atom is 0.0769 e. The first-order valence-electron chi connectivity index (χ1n) is 8.92. The zero-order valence-corrected chi connectivity index (χ0v) is 13.3. The molecule has 2 atom stereocenters. The molecule has 0 aromatic rings. The Labute approximate surface area is 125 Å². The summed E-state index contributed by atoms with van der Waals surface area (Å²) < 4.78 is 6.13. The number of ether oxygens (including phenoxy) is 1. The van der Waals surface area contributed by atoms with Crippen molar-refractivity contribution in [1.82, 2.24) is 5.43 Å². The van der Waals surface area contributed by atoms with Gasteiger partial charge in [0.15, 0.2) is 0 Å². The molecule has 0 spiro atoms. The van der Waals surface area contributed by atoms with Gasteiger partial charge in [0.05, 0.1) is 6.10 Å². The van der Waals surface area contributed by atoms with E-state index in [-0.39, 0.29) is 0 Å². The summed E-state index contributed by atoms with van der Waals surface area (Å²) in [6.07, 6.45) is 15.3.